The van der Waals surface area contributed by atoms with Gasteiger partial charge in [0, 0.05) is 58.7 Å². The normalized spacial score (nSPS) is 23.6. The number of carbonyl (C=O) groups excluding carboxylic acids is 4. The molecule has 19 nitrogen and oxygen atoms in total. The van der Waals surface area contributed by atoms with E-state index in [0.717, 1.165) is 23.8 Å². The van der Waals surface area contributed by atoms with Gasteiger partial charge in [-0.15, -0.1) is 0 Å². The van der Waals surface area contributed by atoms with Gasteiger partial charge in [-0.05, 0) is 59.3 Å². The lowest BCUT2D eigenvalue weighted by molar-refractivity contribution is -0.402. The number of carbonyl (C=O) groups is 4. The molecule has 8 amide bonds. The van der Waals surface area contributed by atoms with Crippen molar-refractivity contribution in [1.29, 1.82) is 10.5 Å². The summed E-state index contributed by atoms with van der Waals surface area (Å²) < 4.78 is 156. The van der Waals surface area contributed by atoms with Gasteiger partial charge < -0.3 is 38.4 Å². The number of nitriles is 2. The molecule has 4 saturated heterocycles. The van der Waals surface area contributed by atoms with Crippen molar-refractivity contribution in [1.82, 2.24) is 39.2 Å². The van der Waals surface area contributed by atoms with Gasteiger partial charge in [0.25, 0.3) is 5.60 Å². The Hall–Kier alpha value is -4.77. The first-order valence-electron chi connectivity index (χ1n) is 22.6. The molecule has 0 aliphatic carbocycles. The van der Waals surface area contributed by atoms with Crippen LogP contribution in [0.25, 0.3) is 0 Å². The highest BCUT2D eigenvalue weighted by Gasteiger charge is 2.75. The number of ether oxygens (including phenoxy) is 5. The Morgan fingerprint density at radius 1 is 0.486 bits per heavy atom. The number of urea groups is 4. The van der Waals surface area contributed by atoms with E-state index in [0.29, 0.717) is 29.8 Å². The first kappa shape index (κ1) is 59.5. The van der Waals surface area contributed by atoms with E-state index in [1.54, 1.807) is 32.6 Å². The summed E-state index contributed by atoms with van der Waals surface area (Å²) in [7, 11) is 4.16. The summed E-state index contributed by atoms with van der Waals surface area (Å²) in [4.78, 5) is 61.3. The van der Waals surface area contributed by atoms with Crippen LogP contribution in [0.3, 0.4) is 0 Å². The average Bonchev–Trinajstić information content (AvgIpc) is 3.91. The van der Waals surface area contributed by atoms with E-state index in [4.69, 9.17) is 23.7 Å². The number of amides is 8. The third-order valence-electron chi connectivity index (χ3n) is 13.5. The number of nitrogens with zero attached hydrogens (tertiary/aromatic N) is 10. The SMILES string of the molecule is CCC(C#N)CC(C)C(C)(OCN1C(=O)N(COC)C2C1N(CC)C(=O)N2COC(C(C)CC(C#N)CC)(C(F)(F)F)C(F)(F)F)C(F)(F)F.CCN1C(=O)N(CC)C2C1N(COC)C(=O)N2COC. The molecule has 400 valence electrons. The third kappa shape index (κ3) is 11.0. The first-order valence-corrected chi connectivity index (χ1v) is 22.6. The van der Waals surface area contributed by atoms with Crippen molar-refractivity contribution in [2.75, 3.05) is 74.6 Å². The molecular formula is C42H65F9N10O9. The number of alkyl halides is 9. The van der Waals surface area contributed by atoms with E-state index in [9.17, 15) is 69.2 Å². The molecule has 0 aromatic carbocycles. The summed E-state index contributed by atoms with van der Waals surface area (Å²) in [5.74, 6) is -5.63. The summed E-state index contributed by atoms with van der Waals surface area (Å²) in [5, 5.41) is 18.6. The lowest BCUT2D eigenvalue weighted by Crippen LogP contribution is -2.64. The van der Waals surface area contributed by atoms with E-state index in [2.05, 4.69) is 0 Å². The maximum Gasteiger partial charge on any atom is 0.426 e. The van der Waals surface area contributed by atoms with E-state index < -0.39 is 104 Å². The maximum absolute atomic E-state index is 14.5. The van der Waals surface area contributed by atoms with Gasteiger partial charge in [0.2, 0.25) is 0 Å². The molecule has 4 aliphatic heterocycles. The van der Waals surface area contributed by atoms with Crippen molar-refractivity contribution in [3.63, 3.8) is 0 Å². The minimum atomic E-state index is -6.09. The van der Waals surface area contributed by atoms with E-state index in [1.807, 2.05) is 19.9 Å². The largest absolute Gasteiger partial charge is 0.426 e. The molecule has 0 spiro atoms. The Labute approximate surface area is 401 Å². The van der Waals surface area contributed by atoms with Crippen LogP contribution in [0.5, 0.6) is 0 Å². The number of fused-ring (bicyclic) bond motifs is 2. The molecule has 0 aromatic heterocycles. The highest BCUT2D eigenvalue weighted by molar-refractivity contribution is 5.86. The Kier molecular flexibility index (Phi) is 20.1. The summed E-state index contributed by atoms with van der Waals surface area (Å²) in [6, 6.07) is 1.09. The van der Waals surface area contributed by atoms with Gasteiger partial charge in [0.05, 0.1) is 12.1 Å². The minimum absolute atomic E-state index is 0.0534. The number of halogens is 9. The van der Waals surface area contributed by atoms with E-state index in [-0.39, 0.29) is 63.7 Å². The van der Waals surface area contributed by atoms with Gasteiger partial charge in [-0.3, -0.25) is 24.5 Å². The molecule has 9 unspecified atom stereocenters. The molecule has 4 heterocycles. The van der Waals surface area contributed by atoms with Gasteiger partial charge in [-0.25, -0.2) is 19.2 Å². The smallest absolute Gasteiger partial charge is 0.364 e. The second kappa shape index (κ2) is 23.6. The van der Waals surface area contributed by atoms with Gasteiger partial charge in [-0.1, -0.05) is 27.7 Å². The highest BCUT2D eigenvalue weighted by atomic mass is 19.4. The number of methoxy groups -OCH3 is 3. The zero-order valence-corrected chi connectivity index (χ0v) is 41.2. The second-order valence-electron chi connectivity index (χ2n) is 17.4. The molecular weight excluding hydrogens is 960 g/mol. The Morgan fingerprint density at radius 2 is 0.771 bits per heavy atom. The standard InChI is InChI=1S/C30H43F9N6O5.C12H22N4O4/c1-8-20(13-40)11-18(4)26(6,28(31,32)33)49-16-44-22-23(43(15-48-7)25(44)47)45(24(46)42(22)10-3)17-50-27(29(34,35)36,30(37,38)39)19(5)12-21(9-2)14-41;1-5-13-9-10(14(6-2)11(13)17)16(8-20-4)12(18)15(9)7-19-3/h18-23H,8-12,15-17H2,1-7H3;9-10H,5-8H2,1-4H3. The van der Waals surface area contributed by atoms with Crippen molar-refractivity contribution in [2.45, 2.75) is 135 Å². The van der Waals surface area contributed by atoms with Gasteiger partial charge in [-0.2, -0.15) is 50.0 Å². The van der Waals surface area contributed by atoms with Gasteiger partial charge >= 0.3 is 42.7 Å². The van der Waals surface area contributed by atoms with Crippen LogP contribution < -0.4 is 0 Å². The molecule has 0 aromatic rings. The Morgan fingerprint density at radius 3 is 1.06 bits per heavy atom. The number of hydrogen-bond acceptors (Lipinski definition) is 11. The zero-order chi connectivity index (χ0) is 53.5. The maximum atomic E-state index is 14.5. The fraction of sp³-hybridized carbons (Fsp3) is 0.857. The van der Waals surface area contributed by atoms with Crippen molar-refractivity contribution in [2.24, 2.45) is 23.7 Å². The number of hydrogen-bond donors (Lipinski definition) is 0. The molecule has 4 rings (SSSR count). The van der Waals surface area contributed by atoms with Crippen molar-refractivity contribution in [3.05, 3.63) is 0 Å². The summed E-state index contributed by atoms with van der Waals surface area (Å²) in [6.07, 6.45) is -22.0. The monoisotopic (exact) mass is 1020 g/mol. The number of rotatable bonds is 23. The second-order valence-corrected chi connectivity index (χ2v) is 17.4. The first-order chi connectivity index (χ1) is 32.6. The van der Waals surface area contributed by atoms with Crippen LogP contribution in [0.4, 0.5) is 58.7 Å². The molecule has 28 heteroatoms. The highest BCUT2D eigenvalue weighted by Crippen LogP contribution is 2.53. The predicted octanol–water partition coefficient (Wildman–Crippen LogP) is 7.38. The van der Waals surface area contributed by atoms with Crippen LogP contribution in [0, 0.1) is 46.3 Å². The summed E-state index contributed by atoms with van der Waals surface area (Å²) in [5.41, 5.74) is -7.79. The molecule has 0 N–H and O–H groups in total. The Balaban J connectivity index is 0.000000535. The van der Waals surface area contributed by atoms with Crippen LogP contribution in [0.2, 0.25) is 0 Å². The van der Waals surface area contributed by atoms with Crippen LogP contribution in [-0.4, -0.2) is 192 Å². The van der Waals surface area contributed by atoms with Crippen molar-refractivity contribution < 1.29 is 82.4 Å². The van der Waals surface area contributed by atoms with Gasteiger partial charge in [0.15, 0.2) is 30.3 Å². The van der Waals surface area contributed by atoms with Crippen LogP contribution >= 0.6 is 0 Å². The average molecular weight is 1030 g/mol. The van der Waals surface area contributed by atoms with Crippen LogP contribution in [-0.2, 0) is 23.7 Å². The molecule has 0 bridgehead atoms. The summed E-state index contributed by atoms with van der Waals surface area (Å²) >= 11 is 0. The predicted molar refractivity (Wildman–Crippen MR) is 226 cm³/mol. The van der Waals surface area contributed by atoms with Gasteiger partial charge in [0.1, 0.15) is 33.7 Å². The molecule has 70 heavy (non-hydrogen) atoms. The molecule has 9 atom stereocenters. The fourth-order valence-electron chi connectivity index (χ4n) is 9.34. The molecule has 4 fully saturated rings. The summed E-state index contributed by atoms with van der Waals surface area (Å²) in [6.45, 7) is 8.46. The molecule has 0 radical (unpaired) electrons. The minimum Gasteiger partial charge on any atom is -0.364 e. The molecule has 0 saturated carbocycles. The lowest BCUT2D eigenvalue weighted by Gasteiger charge is -2.43. The fourth-order valence-corrected chi connectivity index (χ4v) is 9.34. The van der Waals surface area contributed by atoms with Crippen LogP contribution in [0.15, 0.2) is 0 Å². The van der Waals surface area contributed by atoms with E-state index in [1.165, 1.54) is 35.0 Å². The topological polar surface area (TPSA) is 188 Å². The van der Waals surface area contributed by atoms with E-state index >= 15 is 0 Å². The number of likely N-dealkylation sites (N-methyl/N-ethyl adjacent to an activating group) is 3. The van der Waals surface area contributed by atoms with Crippen molar-refractivity contribution >= 4 is 24.1 Å². The lowest BCUT2D eigenvalue weighted by atomic mass is 9.80. The third-order valence-corrected chi connectivity index (χ3v) is 13.5. The molecule has 4 aliphatic rings. The quantitative estimate of drug-likeness (QED) is 0.0930. The van der Waals surface area contributed by atoms with Crippen LogP contribution in [0.1, 0.15) is 81.1 Å². The zero-order valence-electron chi connectivity index (χ0n) is 41.2. The van der Waals surface area contributed by atoms with Crippen molar-refractivity contribution in [3.8, 4) is 12.1 Å². The Bertz CT molecular complexity index is 1840.